The topological polar surface area (TPSA) is 61.8 Å². The van der Waals surface area contributed by atoms with E-state index in [9.17, 15) is 9.59 Å². The molecule has 0 aliphatic rings. The Kier molecular flexibility index (Phi) is 15.7. The largest absolute Gasteiger partial charge is 0.349 e. The molecule has 0 aliphatic heterocycles. The highest BCUT2D eigenvalue weighted by molar-refractivity contribution is 5.72. The van der Waals surface area contributed by atoms with Gasteiger partial charge >= 0.3 is 11.9 Å². The molecule has 0 heterocycles. The molecule has 0 rings (SSSR count). The number of carbonyl (C=O) groups is 2. The summed E-state index contributed by atoms with van der Waals surface area (Å²) in [6.45, 7) is 8.36. The summed E-state index contributed by atoms with van der Waals surface area (Å²) in [5.74, 6) is -1.24. The van der Waals surface area contributed by atoms with E-state index in [1.165, 1.54) is 0 Å². The molecule has 148 valence electrons. The normalized spacial score (nSPS) is 11.1. The van der Waals surface area contributed by atoms with Gasteiger partial charge < -0.3 is 0 Å². The van der Waals surface area contributed by atoms with Crippen LogP contribution in [0.1, 0.15) is 105 Å². The van der Waals surface area contributed by atoms with Crippen LogP contribution in [0.25, 0.3) is 0 Å². The lowest BCUT2D eigenvalue weighted by molar-refractivity contribution is -0.462. The molecule has 0 aromatic rings. The molecule has 0 saturated carbocycles. The molecule has 0 amide bonds. The Labute approximate surface area is 153 Å². The third-order valence-corrected chi connectivity index (χ3v) is 4.52. The standard InChI is InChI=1S/C20H38O5/c1-5-9-13-17(14-10-6-2)19(21)23-25-24-20(22)18(15-11-7-3)16-12-8-4/h17-18H,5-16H2,1-4H3. The fourth-order valence-electron chi connectivity index (χ4n) is 2.78. The van der Waals surface area contributed by atoms with Crippen molar-refractivity contribution in [1.29, 1.82) is 0 Å². The number of hydrogen-bond donors (Lipinski definition) is 0. The van der Waals surface area contributed by atoms with Crippen LogP contribution < -0.4 is 0 Å². The highest BCUT2D eigenvalue weighted by Crippen LogP contribution is 2.20. The van der Waals surface area contributed by atoms with Crippen molar-refractivity contribution in [2.75, 3.05) is 0 Å². The van der Waals surface area contributed by atoms with Gasteiger partial charge in [0.1, 0.15) is 0 Å². The van der Waals surface area contributed by atoms with Gasteiger partial charge in [0, 0.05) is 5.04 Å². The quantitative estimate of drug-likeness (QED) is 0.253. The zero-order chi connectivity index (χ0) is 18.9. The zero-order valence-electron chi connectivity index (χ0n) is 16.7. The molecular formula is C20H38O5. The minimum absolute atomic E-state index is 0.186. The van der Waals surface area contributed by atoms with Crippen LogP contribution in [-0.2, 0) is 24.4 Å². The first-order valence-corrected chi connectivity index (χ1v) is 10.2. The van der Waals surface area contributed by atoms with Crippen LogP contribution in [0.5, 0.6) is 0 Å². The average molecular weight is 359 g/mol. The third-order valence-electron chi connectivity index (χ3n) is 4.52. The SMILES string of the molecule is CCCCC(CCCC)C(=O)OOOC(=O)C(CCCC)CCCC. The second kappa shape index (κ2) is 16.4. The van der Waals surface area contributed by atoms with Gasteiger partial charge in [0.25, 0.3) is 0 Å². The molecule has 0 aliphatic carbocycles. The maximum Gasteiger partial charge on any atom is 0.349 e. The first-order valence-electron chi connectivity index (χ1n) is 10.2. The van der Waals surface area contributed by atoms with Crippen molar-refractivity contribution in [1.82, 2.24) is 0 Å². The maximum absolute atomic E-state index is 12.1. The molecular weight excluding hydrogens is 320 g/mol. The average Bonchev–Trinajstić information content (AvgIpc) is 2.61. The van der Waals surface area contributed by atoms with Crippen LogP contribution >= 0.6 is 0 Å². The summed E-state index contributed by atoms with van der Waals surface area (Å²) < 4.78 is 0. The summed E-state index contributed by atoms with van der Waals surface area (Å²) >= 11 is 0. The molecule has 0 aromatic carbocycles. The molecule has 0 bridgehead atoms. The summed E-state index contributed by atoms with van der Waals surface area (Å²) in [6.07, 6.45) is 11.1. The Bertz CT molecular complexity index is 295. The molecule has 0 fully saturated rings. The second-order valence-corrected chi connectivity index (χ2v) is 6.84. The van der Waals surface area contributed by atoms with E-state index in [2.05, 4.69) is 32.7 Å². The van der Waals surface area contributed by atoms with Crippen LogP contribution in [0.15, 0.2) is 0 Å². The molecule has 0 unspecified atom stereocenters. The Morgan fingerprint density at radius 1 is 0.600 bits per heavy atom. The molecule has 25 heavy (non-hydrogen) atoms. The highest BCUT2D eigenvalue weighted by Gasteiger charge is 2.24. The van der Waals surface area contributed by atoms with E-state index < -0.39 is 11.9 Å². The predicted octanol–water partition coefficient (Wildman–Crippen LogP) is 5.91. The van der Waals surface area contributed by atoms with Crippen molar-refractivity contribution >= 4 is 11.9 Å². The number of carbonyl (C=O) groups excluding carboxylic acids is 2. The van der Waals surface area contributed by atoms with E-state index in [1.54, 1.807) is 0 Å². The molecule has 0 spiro atoms. The molecule has 5 heteroatoms. The van der Waals surface area contributed by atoms with Crippen molar-refractivity contribution in [2.45, 2.75) is 105 Å². The maximum atomic E-state index is 12.1. The Balaban J connectivity index is 4.31. The Morgan fingerprint density at radius 3 is 1.12 bits per heavy atom. The molecule has 0 aromatic heterocycles. The van der Waals surface area contributed by atoms with Gasteiger partial charge in [-0.2, -0.15) is 0 Å². The van der Waals surface area contributed by atoms with Gasteiger partial charge in [-0.05, 0) is 25.7 Å². The summed E-state index contributed by atoms with van der Waals surface area (Å²) in [4.78, 5) is 33.7. The minimum atomic E-state index is -0.437. The van der Waals surface area contributed by atoms with E-state index in [0.29, 0.717) is 0 Å². The fraction of sp³-hybridized carbons (Fsp3) is 0.900. The molecule has 0 atom stereocenters. The first kappa shape index (κ1) is 23.9. The monoisotopic (exact) mass is 358 g/mol. The first-order chi connectivity index (χ1) is 12.1. The molecule has 0 saturated heterocycles. The van der Waals surface area contributed by atoms with E-state index in [-0.39, 0.29) is 11.8 Å². The zero-order valence-corrected chi connectivity index (χ0v) is 16.7. The van der Waals surface area contributed by atoms with Gasteiger partial charge in [0.05, 0.1) is 11.8 Å². The van der Waals surface area contributed by atoms with Gasteiger partial charge in [0.2, 0.25) is 0 Å². The summed E-state index contributed by atoms with van der Waals surface area (Å²) in [5.41, 5.74) is 0. The van der Waals surface area contributed by atoms with E-state index in [4.69, 9.17) is 9.78 Å². The van der Waals surface area contributed by atoms with Crippen molar-refractivity contribution in [3.63, 3.8) is 0 Å². The summed E-state index contributed by atoms with van der Waals surface area (Å²) in [7, 11) is 0. The van der Waals surface area contributed by atoms with E-state index >= 15 is 0 Å². The summed E-state index contributed by atoms with van der Waals surface area (Å²) in [5, 5.41) is 4.54. The van der Waals surface area contributed by atoms with Crippen molar-refractivity contribution in [3.8, 4) is 0 Å². The van der Waals surface area contributed by atoms with Crippen LogP contribution in [0.3, 0.4) is 0 Å². The second-order valence-electron chi connectivity index (χ2n) is 6.84. The fourth-order valence-corrected chi connectivity index (χ4v) is 2.78. The summed E-state index contributed by atoms with van der Waals surface area (Å²) in [6, 6.07) is 0. The smallest absolute Gasteiger partial charge is 0.259 e. The van der Waals surface area contributed by atoms with E-state index in [1.807, 2.05) is 0 Å². The van der Waals surface area contributed by atoms with Crippen LogP contribution in [0.2, 0.25) is 0 Å². The Hall–Kier alpha value is -1.10. The molecule has 0 radical (unpaired) electrons. The lowest BCUT2D eigenvalue weighted by Crippen LogP contribution is -2.22. The molecule has 5 nitrogen and oxygen atoms in total. The number of rotatable bonds is 16. The van der Waals surface area contributed by atoms with Crippen LogP contribution in [0.4, 0.5) is 0 Å². The van der Waals surface area contributed by atoms with Crippen molar-refractivity contribution < 1.29 is 24.4 Å². The lowest BCUT2D eigenvalue weighted by atomic mass is 9.96. The number of unbranched alkanes of at least 4 members (excludes halogenated alkanes) is 4. The molecule has 0 N–H and O–H groups in total. The Morgan fingerprint density at radius 2 is 0.880 bits per heavy atom. The van der Waals surface area contributed by atoms with E-state index in [0.717, 1.165) is 77.0 Å². The van der Waals surface area contributed by atoms with Crippen molar-refractivity contribution in [2.24, 2.45) is 11.8 Å². The van der Waals surface area contributed by atoms with Crippen molar-refractivity contribution in [3.05, 3.63) is 0 Å². The predicted molar refractivity (Wildman–Crippen MR) is 98.3 cm³/mol. The van der Waals surface area contributed by atoms with Gasteiger partial charge in [-0.25, -0.2) is 9.59 Å². The van der Waals surface area contributed by atoms with Gasteiger partial charge in [-0.3, -0.25) is 9.78 Å². The van der Waals surface area contributed by atoms with Crippen LogP contribution in [-0.4, -0.2) is 11.9 Å². The highest BCUT2D eigenvalue weighted by atomic mass is 17.5. The van der Waals surface area contributed by atoms with Gasteiger partial charge in [-0.1, -0.05) is 79.1 Å². The van der Waals surface area contributed by atoms with Gasteiger partial charge in [0.15, 0.2) is 0 Å². The van der Waals surface area contributed by atoms with Gasteiger partial charge in [-0.15, -0.1) is 0 Å². The minimum Gasteiger partial charge on any atom is -0.259 e. The third kappa shape index (κ3) is 12.0. The lowest BCUT2D eigenvalue weighted by Gasteiger charge is -2.15. The number of hydrogen-bond acceptors (Lipinski definition) is 5. The van der Waals surface area contributed by atoms with Crippen LogP contribution in [0, 0.1) is 11.8 Å².